The van der Waals surface area contributed by atoms with Gasteiger partial charge in [0.2, 0.25) is 0 Å². The summed E-state index contributed by atoms with van der Waals surface area (Å²) in [6.07, 6.45) is 5.33. The third-order valence-corrected chi connectivity index (χ3v) is 1.80. The smallest absolute Gasteiger partial charge is 0.0834 e. The van der Waals surface area contributed by atoms with Crippen LogP contribution in [0.15, 0.2) is 12.2 Å². The van der Waals surface area contributed by atoms with E-state index in [1.54, 1.807) is 0 Å². The molecule has 0 saturated carbocycles. The first-order chi connectivity index (χ1) is 5.43. The van der Waals surface area contributed by atoms with Gasteiger partial charge >= 0.3 is 0 Å². The molecule has 0 radical (unpaired) electrons. The standard InChI is InChI=1S/C8H14O2S/c11-6-2-1-4-10-8-3-5-9-7-8/h1-2,8,11H,3-7H2. The van der Waals surface area contributed by atoms with Gasteiger partial charge in [0.25, 0.3) is 0 Å². The summed E-state index contributed by atoms with van der Waals surface area (Å²) < 4.78 is 10.6. The molecule has 0 spiro atoms. The molecular weight excluding hydrogens is 160 g/mol. The van der Waals surface area contributed by atoms with Crippen LogP contribution in [0.25, 0.3) is 0 Å². The van der Waals surface area contributed by atoms with Crippen molar-refractivity contribution in [1.82, 2.24) is 0 Å². The molecule has 0 aromatic carbocycles. The summed E-state index contributed by atoms with van der Waals surface area (Å²) in [6.45, 7) is 2.30. The average Bonchev–Trinajstić information content (AvgIpc) is 2.50. The fourth-order valence-electron chi connectivity index (χ4n) is 0.979. The van der Waals surface area contributed by atoms with E-state index in [0.717, 1.165) is 25.4 Å². The second-order valence-electron chi connectivity index (χ2n) is 2.47. The van der Waals surface area contributed by atoms with E-state index in [1.165, 1.54) is 0 Å². The Morgan fingerprint density at radius 1 is 1.55 bits per heavy atom. The van der Waals surface area contributed by atoms with E-state index in [0.29, 0.717) is 12.7 Å². The van der Waals surface area contributed by atoms with Crippen molar-refractivity contribution in [3.8, 4) is 0 Å². The molecule has 0 aromatic heterocycles. The number of hydrogen-bond acceptors (Lipinski definition) is 3. The normalized spacial score (nSPS) is 25.0. The third kappa shape index (κ3) is 3.79. The van der Waals surface area contributed by atoms with Gasteiger partial charge in [-0.05, 0) is 6.42 Å². The van der Waals surface area contributed by atoms with Crippen molar-refractivity contribution in [2.24, 2.45) is 0 Å². The fraction of sp³-hybridized carbons (Fsp3) is 0.750. The zero-order valence-electron chi connectivity index (χ0n) is 6.53. The van der Waals surface area contributed by atoms with E-state index < -0.39 is 0 Å². The lowest BCUT2D eigenvalue weighted by Gasteiger charge is -2.05. The van der Waals surface area contributed by atoms with E-state index in [9.17, 15) is 0 Å². The van der Waals surface area contributed by atoms with Gasteiger partial charge in [-0.15, -0.1) is 0 Å². The molecule has 0 N–H and O–H groups in total. The summed E-state index contributed by atoms with van der Waals surface area (Å²) in [6, 6.07) is 0. The molecule has 2 nitrogen and oxygen atoms in total. The van der Waals surface area contributed by atoms with Crippen LogP contribution in [0.5, 0.6) is 0 Å². The Labute approximate surface area is 73.0 Å². The van der Waals surface area contributed by atoms with Gasteiger partial charge in [-0.2, -0.15) is 12.6 Å². The maximum Gasteiger partial charge on any atom is 0.0834 e. The lowest BCUT2D eigenvalue weighted by atomic mass is 10.3. The zero-order chi connectivity index (χ0) is 7.94. The van der Waals surface area contributed by atoms with Crippen LogP contribution < -0.4 is 0 Å². The summed E-state index contributed by atoms with van der Waals surface area (Å²) in [5.41, 5.74) is 0. The largest absolute Gasteiger partial charge is 0.379 e. The number of rotatable bonds is 4. The minimum Gasteiger partial charge on any atom is -0.379 e. The van der Waals surface area contributed by atoms with Crippen LogP contribution in [0.1, 0.15) is 6.42 Å². The first-order valence-electron chi connectivity index (χ1n) is 3.88. The average molecular weight is 174 g/mol. The molecule has 0 aliphatic carbocycles. The predicted molar refractivity (Wildman–Crippen MR) is 48.2 cm³/mol. The molecule has 1 aliphatic rings. The van der Waals surface area contributed by atoms with Crippen LogP contribution >= 0.6 is 12.6 Å². The maximum atomic E-state index is 5.46. The van der Waals surface area contributed by atoms with Gasteiger partial charge in [-0.3, -0.25) is 0 Å². The minimum atomic E-state index is 0.319. The molecule has 1 fully saturated rings. The maximum absolute atomic E-state index is 5.46. The fourth-order valence-corrected chi connectivity index (χ4v) is 1.13. The molecule has 1 saturated heterocycles. The molecule has 1 unspecified atom stereocenters. The Hall–Kier alpha value is 0.01000. The number of hydrogen-bond donors (Lipinski definition) is 1. The van der Waals surface area contributed by atoms with E-state index >= 15 is 0 Å². The first-order valence-corrected chi connectivity index (χ1v) is 4.52. The summed E-state index contributed by atoms with van der Waals surface area (Å²) in [4.78, 5) is 0. The van der Waals surface area contributed by atoms with Crippen molar-refractivity contribution in [1.29, 1.82) is 0 Å². The van der Waals surface area contributed by atoms with Gasteiger partial charge in [0.05, 0.1) is 19.3 Å². The molecule has 1 atom stereocenters. The monoisotopic (exact) mass is 174 g/mol. The van der Waals surface area contributed by atoms with Gasteiger partial charge < -0.3 is 9.47 Å². The lowest BCUT2D eigenvalue weighted by Crippen LogP contribution is -2.11. The highest BCUT2D eigenvalue weighted by Gasteiger charge is 2.14. The molecule has 1 rings (SSSR count). The SMILES string of the molecule is SCC=CCOC1CCOC1. The summed E-state index contributed by atoms with van der Waals surface area (Å²) in [5.74, 6) is 0.782. The second-order valence-corrected chi connectivity index (χ2v) is 2.84. The summed E-state index contributed by atoms with van der Waals surface area (Å²) in [5, 5.41) is 0. The quantitative estimate of drug-likeness (QED) is 0.511. The van der Waals surface area contributed by atoms with Gasteiger partial charge in [0.1, 0.15) is 0 Å². The second kappa shape index (κ2) is 5.63. The van der Waals surface area contributed by atoms with Gasteiger partial charge in [-0.1, -0.05) is 12.2 Å². The molecule has 1 heterocycles. The lowest BCUT2D eigenvalue weighted by molar-refractivity contribution is 0.0602. The molecule has 0 aromatic rings. The van der Waals surface area contributed by atoms with Crippen molar-refractivity contribution in [2.75, 3.05) is 25.6 Å². The number of thiol groups is 1. The van der Waals surface area contributed by atoms with E-state index in [1.807, 2.05) is 12.2 Å². The van der Waals surface area contributed by atoms with Crippen LogP contribution in [0.4, 0.5) is 0 Å². The first kappa shape index (κ1) is 9.10. The van der Waals surface area contributed by atoms with Crippen LogP contribution in [0.2, 0.25) is 0 Å². The summed E-state index contributed by atoms with van der Waals surface area (Å²) >= 11 is 4.04. The number of ether oxygens (including phenoxy) is 2. The van der Waals surface area contributed by atoms with E-state index in [4.69, 9.17) is 9.47 Å². The van der Waals surface area contributed by atoms with Crippen LogP contribution in [0, 0.1) is 0 Å². The van der Waals surface area contributed by atoms with Crippen molar-refractivity contribution >= 4 is 12.6 Å². The topological polar surface area (TPSA) is 18.5 Å². The van der Waals surface area contributed by atoms with Gasteiger partial charge in [0, 0.05) is 12.4 Å². The molecule has 64 valence electrons. The van der Waals surface area contributed by atoms with E-state index in [-0.39, 0.29) is 0 Å². The van der Waals surface area contributed by atoms with Gasteiger partial charge in [0.15, 0.2) is 0 Å². The highest BCUT2D eigenvalue weighted by molar-refractivity contribution is 7.80. The molecule has 11 heavy (non-hydrogen) atoms. The Morgan fingerprint density at radius 3 is 3.09 bits per heavy atom. The van der Waals surface area contributed by atoms with Crippen molar-refractivity contribution in [3.63, 3.8) is 0 Å². The molecule has 1 aliphatic heterocycles. The van der Waals surface area contributed by atoms with Crippen LogP contribution in [-0.2, 0) is 9.47 Å². The van der Waals surface area contributed by atoms with Crippen molar-refractivity contribution in [3.05, 3.63) is 12.2 Å². The van der Waals surface area contributed by atoms with Crippen LogP contribution in [0.3, 0.4) is 0 Å². The molecule has 0 bridgehead atoms. The van der Waals surface area contributed by atoms with Gasteiger partial charge in [-0.25, -0.2) is 0 Å². The third-order valence-electron chi connectivity index (χ3n) is 1.59. The zero-order valence-corrected chi connectivity index (χ0v) is 7.43. The summed E-state index contributed by atoms with van der Waals surface area (Å²) in [7, 11) is 0. The van der Waals surface area contributed by atoms with Crippen molar-refractivity contribution in [2.45, 2.75) is 12.5 Å². The molecule has 0 amide bonds. The predicted octanol–water partition coefficient (Wildman–Crippen LogP) is 1.28. The molecule has 3 heteroatoms. The van der Waals surface area contributed by atoms with E-state index in [2.05, 4.69) is 12.6 Å². The molecular formula is C8H14O2S. The van der Waals surface area contributed by atoms with Crippen molar-refractivity contribution < 1.29 is 9.47 Å². The minimum absolute atomic E-state index is 0.319. The Morgan fingerprint density at radius 2 is 2.45 bits per heavy atom. The highest BCUT2D eigenvalue weighted by Crippen LogP contribution is 2.07. The Bertz CT molecular complexity index is 119. The highest BCUT2D eigenvalue weighted by atomic mass is 32.1. The van der Waals surface area contributed by atoms with Crippen LogP contribution in [-0.4, -0.2) is 31.7 Å². The Balaban J connectivity index is 1.97. The Kier molecular flexibility index (Phi) is 4.66.